The highest BCUT2D eigenvalue weighted by molar-refractivity contribution is 6.28. The summed E-state index contributed by atoms with van der Waals surface area (Å²) in [7, 11) is 1.72. The molecule has 0 unspecified atom stereocenters. The quantitative estimate of drug-likeness (QED) is 0.694. The Labute approximate surface area is 87.9 Å². The number of halogens is 1. The first kappa shape index (κ1) is 9.68. The Bertz CT molecular complexity index is 339. The summed E-state index contributed by atoms with van der Waals surface area (Å²) in [6.45, 7) is 3.74. The van der Waals surface area contributed by atoms with Crippen LogP contribution in [0.1, 0.15) is 5.56 Å². The molecule has 76 valence electrons. The van der Waals surface area contributed by atoms with Gasteiger partial charge >= 0.3 is 0 Å². The van der Waals surface area contributed by atoms with Crippen molar-refractivity contribution in [1.29, 1.82) is 0 Å². The fourth-order valence-corrected chi connectivity index (χ4v) is 1.62. The fourth-order valence-electron chi connectivity index (χ4n) is 1.49. The van der Waals surface area contributed by atoms with E-state index in [1.807, 2.05) is 6.92 Å². The van der Waals surface area contributed by atoms with E-state index in [-0.39, 0.29) is 0 Å². The summed E-state index contributed by atoms with van der Waals surface area (Å²) >= 11 is 5.73. The van der Waals surface area contributed by atoms with E-state index in [0.717, 1.165) is 24.5 Å². The number of anilines is 1. The first-order valence-electron chi connectivity index (χ1n) is 4.47. The molecule has 1 aromatic heterocycles. The number of hydrogen-bond acceptors (Lipinski definition) is 4. The largest absolute Gasteiger partial charge is 0.378 e. The zero-order chi connectivity index (χ0) is 10.1. The predicted molar refractivity (Wildman–Crippen MR) is 54.8 cm³/mol. The molecule has 0 amide bonds. The topological polar surface area (TPSA) is 38.2 Å². The monoisotopic (exact) mass is 213 g/mol. The number of ether oxygens (including phenoxy) is 1. The molecule has 2 rings (SSSR count). The predicted octanol–water partition coefficient (Wildman–Crippen LogP) is 1.27. The van der Waals surface area contributed by atoms with Gasteiger partial charge < -0.3 is 9.64 Å². The lowest BCUT2D eigenvalue weighted by atomic mass is 10.1. The number of hydrogen-bond donors (Lipinski definition) is 0. The van der Waals surface area contributed by atoms with Gasteiger partial charge in [0.1, 0.15) is 5.82 Å². The summed E-state index contributed by atoms with van der Waals surface area (Å²) in [5, 5.41) is 0.298. The molecule has 1 aliphatic heterocycles. The minimum Gasteiger partial charge on any atom is -0.378 e. The van der Waals surface area contributed by atoms with E-state index in [2.05, 4.69) is 14.9 Å². The van der Waals surface area contributed by atoms with Gasteiger partial charge in [-0.15, -0.1) is 0 Å². The van der Waals surface area contributed by atoms with Gasteiger partial charge in [0.25, 0.3) is 0 Å². The van der Waals surface area contributed by atoms with Crippen LogP contribution in [0.5, 0.6) is 0 Å². The van der Waals surface area contributed by atoms with Crippen LogP contribution >= 0.6 is 11.6 Å². The Morgan fingerprint density at radius 3 is 2.93 bits per heavy atom. The normalized spacial score (nSPS) is 16.9. The van der Waals surface area contributed by atoms with E-state index in [9.17, 15) is 0 Å². The minimum absolute atomic E-state index is 0.298. The van der Waals surface area contributed by atoms with Gasteiger partial charge in [-0.05, 0) is 18.5 Å². The molecule has 0 radical (unpaired) electrons. The number of aryl methyl sites for hydroxylation is 1. The van der Waals surface area contributed by atoms with Crippen LogP contribution in [0.25, 0.3) is 0 Å². The zero-order valence-corrected chi connectivity index (χ0v) is 8.95. The molecule has 0 spiro atoms. The van der Waals surface area contributed by atoms with Gasteiger partial charge in [0.2, 0.25) is 5.28 Å². The van der Waals surface area contributed by atoms with Gasteiger partial charge in [0.05, 0.1) is 6.10 Å². The summed E-state index contributed by atoms with van der Waals surface area (Å²) in [4.78, 5) is 10.2. The maximum absolute atomic E-state index is 5.73. The molecule has 0 aliphatic carbocycles. The van der Waals surface area contributed by atoms with Crippen molar-refractivity contribution >= 4 is 17.4 Å². The molecule has 0 N–H and O–H groups in total. The van der Waals surface area contributed by atoms with Crippen molar-refractivity contribution in [2.75, 3.05) is 25.1 Å². The van der Waals surface area contributed by atoms with Gasteiger partial charge in [0.15, 0.2) is 0 Å². The van der Waals surface area contributed by atoms with Crippen molar-refractivity contribution in [3.05, 3.63) is 17.0 Å². The SMILES string of the molecule is COC1CN(c2nc(Cl)ncc2C)C1. The third kappa shape index (κ3) is 1.67. The Morgan fingerprint density at radius 1 is 1.57 bits per heavy atom. The van der Waals surface area contributed by atoms with Gasteiger partial charge in [-0.2, -0.15) is 0 Å². The van der Waals surface area contributed by atoms with Crippen LogP contribution in [0, 0.1) is 6.92 Å². The van der Waals surface area contributed by atoms with E-state index in [1.54, 1.807) is 13.3 Å². The Balaban J connectivity index is 2.13. The average molecular weight is 214 g/mol. The van der Waals surface area contributed by atoms with Gasteiger partial charge in [-0.1, -0.05) is 0 Å². The Kier molecular flexibility index (Phi) is 2.56. The van der Waals surface area contributed by atoms with Gasteiger partial charge in [-0.25, -0.2) is 9.97 Å². The van der Waals surface area contributed by atoms with E-state index >= 15 is 0 Å². The standard InChI is InChI=1S/C9H12ClN3O/c1-6-3-11-9(10)12-8(6)13-4-7(5-13)14-2/h3,7H,4-5H2,1-2H3. The smallest absolute Gasteiger partial charge is 0.224 e. The highest BCUT2D eigenvalue weighted by atomic mass is 35.5. The van der Waals surface area contributed by atoms with E-state index in [1.165, 1.54) is 0 Å². The summed E-state index contributed by atoms with van der Waals surface area (Å²) in [6, 6.07) is 0. The first-order chi connectivity index (χ1) is 6.70. The molecule has 1 fully saturated rings. The lowest BCUT2D eigenvalue weighted by Gasteiger charge is -2.39. The van der Waals surface area contributed by atoms with Crippen LogP contribution in [-0.4, -0.2) is 36.3 Å². The van der Waals surface area contributed by atoms with Crippen molar-refractivity contribution in [1.82, 2.24) is 9.97 Å². The molecule has 1 aliphatic rings. The van der Waals surface area contributed by atoms with E-state index in [0.29, 0.717) is 11.4 Å². The van der Waals surface area contributed by atoms with Crippen LogP contribution in [0.3, 0.4) is 0 Å². The van der Waals surface area contributed by atoms with Crippen molar-refractivity contribution in [2.24, 2.45) is 0 Å². The van der Waals surface area contributed by atoms with Crippen LogP contribution < -0.4 is 4.90 Å². The molecule has 1 aromatic rings. The highest BCUT2D eigenvalue weighted by Gasteiger charge is 2.28. The summed E-state index contributed by atoms with van der Waals surface area (Å²) < 4.78 is 5.19. The third-order valence-electron chi connectivity index (χ3n) is 2.40. The molecule has 2 heterocycles. The van der Waals surface area contributed by atoms with Crippen LogP contribution in [0.4, 0.5) is 5.82 Å². The molecular formula is C9H12ClN3O. The summed E-state index contributed by atoms with van der Waals surface area (Å²) in [6.07, 6.45) is 2.06. The number of nitrogens with zero attached hydrogens (tertiary/aromatic N) is 3. The molecule has 0 atom stereocenters. The van der Waals surface area contributed by atoms with Crippen LogP contribution in [0.15, 0.2) is 6.20 Å². The maximum atomic E-state index is 5.73. The van der Waals surface area contributed by atoms with Crippen molar-refractivity contribution in [3.63, 3.8) is 0 Å². The average Bonchev–Trinajstić information content (AvgIpc) is 2.09. The lowest BCUT2D eigenvalue weighted by molar-refractivity contribution is 0.0782. The number of aromatic nitrogens is 2. The second-order valence-corrected chi connectivity index (χ2v) is 3.75. The molecule has 0 aromatic carbocycles. The van der Waals surface area contributed by atoms with Crippen LogP contribution in [-0.2, 0) is 4.74 Å². The number of rotatable bonds is 2. The molecule has 14 heavy (non-hydrogen) atoms. The summed E-state index contributed by atoms with van der Waals surface area (Å²) in [5.41, 5.74) is 1.05. The first-order valence-corrected chi connectivity index (χ1v) is 4.85. The van der Waals surface area contributed by atoms with Gasteiger partial charge in [0, 0.05) is 32.0 Å². The molecule has 0 bridgehead atoms. The molecule has 1 saturated heterocycles. The minimum atomic E-state index is 0.298. The number of methoxy groups -OCH3 is 1. The lowest BCUT2D eigenvalue weighted by Crippen LogP contribution is -2.52. The van der Waals surface area contributed by atoms with E-state index in [4.69, 9.17) is 16.3 Å². The second-order valence-electron chi connectivity index (χ2n) is 3.41. The molecule has 5 heteroatoms. The highest BCUT2D eigenvalue weighted by Crippen LogP contribution is 2.23. The molecule has 0 saturated carbocycles. The van der Waals surface area contributed by atoms with Gasteiger partial charge in [-0.3, -0.25) is 0 Å². The van der Waals surface area contributed by atoms with Crippen molar-refractivity contribution in [3.8, 4) is 0 Å². The van der Waals surface area contributed by atoms with Crippen molar-refractivity contribution < 1.29 is 4.74 Å². The maximum Gasteiger partial charge on any atom is 0.224 e. The molecule has 4 nitrogen and oxygen atoms in total. The van der Waals surface area contributed by atoms with Crippen molar-refractivity contribution in [2.45, 2.75) is 13.0 Å². The van der Waals surface area contributed by atoms with Crippen LogP contribution in [0.2, 0.25) is 5.28 Å². The Hall–Kier alpha value is -0.870. The zero-order valence-electron chi connectivity index (χ0n) is 8.20. The molecular weight excluding hydrogens is 202 g/mol. The summed E-state index contributed by atoms with van der Waals surface area (Å²) in [5.74, 6) is 0.915. The fraction of sp³-hybridized carbons (Fsp3) is 0.556. The van der Waals surface area contributed by atoms with E-state index < -0.39 is 0 Å². The third-order valence-corrected chi connectivity index (χ3v) is 2.58. The second kappa shape index (κ2) is 3.71. The Morgan fingerprint density at radius 2 is 2.29 bits per heavy atom.